The molecule has 0 rings (SSSR count). The third-order valence-electron chi connectivity index (χ3n) is 1.39. The minimum absolute atomic E-state index is 0.856. The molecular formula is C8H18O2Si3. The van der Waals surface area contributed by atoms with E-state index in [9.17, 15) is 0 Å². The van der Waals surface area contributed by atoms with Gasteiger partial charge in [-0.1, -0.05) is 11.4 Å². The van der Waals surface area contributed by atoms with E-state index in [4.69, 9.17) is 8.23 Å². The summed E-state index contributed by atoms with van der Waals surface area (Å²) in [7, 11) is -3.64. The third-order valence-corrected chi connectivity index (χ3v) is 9.05. The minimum Gasteiger partial charge on any atom is -0.433 e. The van der Waals surface area contributed by atoms with E-state index >= 15 is 0 Å². The van der Waals surface area contributed by atoms with E-state index < -0.39 is 26.6 Å². The molecule has 0 aromatic rings. The molecule has 0 aromatic heterocycles. The molecular weight excluding hydrogens is 212 g/mol. The summed E-state index contributed by atoms with van der Waals surface area (Å²) in [6.07, 6.45) is 0. The summed E-state index contributed by atoms with van der Waals surface area (Å²) in [5.41, 5.74) is 3.78. The Hall–Kier alpha value is 0.0506. The second-order valence-corrected chi connectivity index (χ2v) is 10.9. The van der Waals surface area contributed by atoms with Crippen molar-refractivity contribution in [1.29, 1.82) is 0 Å². The molecule has 0 aromatic carbocycles. The molecule has 0 fully saturated rings. The van der Waals surface area contributed by atoms with Crippen LogP contribution in [-0.4, -0.2) is 26.6 Å². The average molecular weight is 230 g/mol. The number of hydrogen-bond acceptors (Lipinski definition) is 2. The summed E-state index contributed by atoms with van der Waals surface area (Å²) in [5.74, 6) is 0. The molecule has 0 unspecified atom stereocenters. The zero-order valence-electron chi connectivity index (χ0n) is 8.89. The summed E-state index contributed by atoms with van der Waals surface area (Å²) < 4.78 is 11.7. The maximum Gasteiger partial charge on any atom is 0.311 e. The fraction of sp³-hybridized carbons (Fsp3) is 0.500. The summed E-state index contributed by atoms with van der Waals surface area (Å²) in [6.45, 7) is 15.7. The van der Waals surface area contributed by atoms with Gasteiger partial charge in [0.15, 0.2) is 0 Å². The van der Waals surface area contributed by atoms with Crippen LogP contribution in [0.1, 0.15) is 0 Å². The van der Waals surface area contributed by atoms with Crippen LogP contribution in [0.2, 0.25) is 26.2 Å². The van der Waals surface area contributed by atoms with Gasteiger partial charge >= 0.3 is 8.56 Å². The highest BCUT2D eigenvalue weighted by Crippen LogP contribution is 2.10. The first-order valence-electron chi connectivity index (χ1n) is 4.21. The lowest BCUT2D eigenvalue weighted by Crippen LogP contribution is -2.42. The summed E-state index contributed by atoms with van der Waals surface area (Å²) in [6, 6.07) is 0. The smallest absolute Gasteiger partial charge is 0.311 e. The van der Waals surface area contributed by atoms with Crippen molar-refractivity contribution in [2.75, 3.05) is 0 Å². The standard InChI is InChI=1S/C8H18O2Si3/c1-7-11(3)9-13(5,6)10-12(4)8-2/h7-8H,1-2H2,3-6H3. The molecule has 74 valence electrons. The fourth-order valence-corrected chi connectivity index (χ4v) is 8.29. The average Bonchev–Trinajstić information content (AvgIpc) is 2.02. The van der Waals surface area contributed by atoms with E-state index in [1.165, 1.54) is 0 Å². The molecule has 0 amide bonds. The van der Waals surface area contributed by atoms with Crippen molar-refractivity contribution in [3.05, 3.63) is 24.6 Å². The van der Waals surface area contributed by atoms with Crippen molar-refractivity contribution in [2.45, 2.75) is 26.2 Å². The highest BCUT2D eigenvalue weighted by atomic mass is 28.5. The molecule has 0 spiro atoms. The third kappa shape index (κ3) is 6.17. The Morgan fingerprint density at radius 1 is 1.00 bits per heavy atom. The second kappa shape index (κ2) is 5.71. The summed E-state index contributed by atoms with van der Waals surface area (Å²) >= 11 is 0. The lowest BCUT2D eigenvalue weighted by atomic mass is 11.3. The van der Waals surface area contributed by atoms with Gasteiger partial charge in [-0.15, -0.1) is 13.2 Å². The fourth-order valence-electron chi connectivity index (χ4n) is 0.880. The Balaban J connectivity index is 4.06. The van der Waals surface area contributed by atoms with Gasteiger partial charge in [0.1, 0.15) is 0 Å². The highest BCUT2D eigenvalue weighted by molar-refractivity contribution is 6.80. The lowest BCUT2D eigenvalue weighted by molar-refractivity contribution is 0.419. The molecule has 0 atom stereocenters. The Bertz CT molecular complexity index is 164. The van der Waals surface area contributed by atoms with E-state index in [0.29, 0.717) is 0 Å². The molecule has 13 heavy (non-hydrogen) atoms. The van der Waals surface area contributed by atoms with E-state index in [-0.39, 0.29) is 0 Å². The summed E-state index contributed by atoms with van der Waals surface area (Å²) in [5, 5.41) is 0. The number of rotatable bonds is 6. The van der Waals surface area contributed by atoms with Crippen molar-refractivity contribution >= 4 is 26.6 Å². The van der Waals surface area contributed by atoms with Gasteiger partial charge < -0.3 is 8.23 Å². The van der Waals surface area contributed by atoms with Gasteiger partial charge in [0, 0.05) is 0 Å². The van der Waals surface area contributed by atoms with Crippen molar-refractivity contribution in [3.8, 4) is 0 Å². The zero-order valence-corrected chi connectivity index (χ0v) is 11.9. The first kappa shape index (κ1) is 13.1. The normalized spacial score (nSPS) is 12.2. The van der Waals surface area contributed by atoms with Crippen molar-refractivity contribution in [2.24, 2.45) is 0 Å². The molecule has 0 aliphatic carbocycles. The Morgan fingerprint density at radius 2 is 1.31 bits per heavy atom. The van der Waals surface area contributed by atoms with E-state index in [1.807, 2.05) is 11.4 Å². The second-order valence-electron chi connectivity index (χ2n) is 3.23. The van der Waals surface area contributed by atoms with Gasteiger partial charge in [0.05, 0.1) is 0 Å². The Kier molecular flexibility index (Phi) is 5.73. The van der Waals surface area contributed by atoms with Gasteiger partial charge in [0.25, 0.3) is 0 Å². The predicted molar refractivity (Wildman–Crippen MR) is 63.3 cm³/mol. The molecule has 2 radical (unpaired) electrons. The zero-order chi connectivity index (χ0) is 10.5. The van der Waals surface area contributed by atoms with Crippen LogP contribution in [0.5, 0.6) is 0 Å². The van der Waals surface area contributed by atoms with Crippen LogP contribution in [0.25, 0.3) is 0 Å². The topological polar surface area (TPSA) is 18.5 Å². The van der Waals surface area contributed by atoms with Gasteiger partial charge in [-0.05, 0) is 26.2 Å². The van der Waals surface area contributed by atoms with Gasteiger partial charge in [-0.2, -0.15) is 0 Å². The molecule has 0 heterocycles. The largest absolute Gasteiger partial charge is 0.433 e. The van der Waals surface area contributed by atoms with E-state index in [1.54, 1.807) is 0 Å². The molecule has 0 aliphatic rings. The van der Waals surface area contributed by atoms with Crippen LogP contribution in [-0.2, 0) is 8.23 Å². The first-order valence-corrected chi connectivity index (χ1v) is 11.0. The van der Waals surface area contributed by atoms with Crippen LogP contribution in [0.15, 0.2) is 24.6 Å². The number of hydrogen-bond donors (Lipinski definition) is 0. The molecule has 0 N–H and O–H groups in total. The van der Waals surface area contributed by atoms with Crippen LogP contribution in [0.3, 0.4) is 0 Å². The monoisotopic (exact) mass is 230 g/mol. The van der Waals surface area contributed by atoms with Gasteiger partial charge in [0.2, 0.25) is 18.1 Å². The quantitative estimate of drug-likeness (QED) is 0.653. The van der Waals surface area contributed by atoms with E-state index in [0.717, 1.165) is 0 Å². The van der Waals surface area contributed by atoms with Crippen molar-refractivity contribution < 1.29 is 8.23 Å². The summed E-state index contributed by atoms with van der Waals surface area (Å²) in [4.78, 5) is 0. The molecule has 0 saturated heterocycles. The van der Waals surface area contributed by atoms with Crippen molar-refractivity contribution in [1.82, 2.24) is 0 Å². The predicted octanol–water partition coefficient (Wildman–Crippen LogP) is 2.41. The molecule has 5 heteroatoms. The SMILES string of the molecule is C=C[Si](C)O[Si](C)(C)O[Si](C)C=C. The molecule has 0 saturated carbocycles. The Morgan fingerprint density at radius 3 is 1.54 bits per heavy atom. The van der Waals surface area contributed by atoms with Crippen LogP contribution < -0.4 is 0 Å². The first-order chi connectivity index (χ1) is 5.91. The van der Waals surface area contributed by atoms with Crippen molar-refractivity contribution in [3.63, 3.8) is 0 Å². The Labute approximate surface area is 86.0 Å². The maximum absolute atomic E-state index is 5.84. The highest BCUT2D eigenvalue weighted by Gasteiger charge is 2.28. The van der Waals surface area contributed by atoms with Crippen LogP contribution >= 0.6 is 0 Å². The lowest BCUT2D eigenvalue weighted by Gasteiger charge is -2.27. The van der Waals surface area contributed by atoms with Gasteiger partial charge in [-0.25, -0.2) is 0 Å². The maximum atomic E-state index is 5.84. The minimum atomic E-state index is -1.92. The molecule has 0 bridgehead atoms. The molecule has 2 nitrogen and oxygen atoms in total. The van der Waals surface area contributed by atoms with Crippen LogP contribution in [0.4, 0.5) is 0 Å². The van der Waals surface area contributed by atoms with Gasteiger partial charge in [-0.3, -0.25) is 0 Å². The van der Waals surface area contributed by atoms with E-state index in [2.05, 4.69) is 39.3 Å². The molecule has 0 aliphatic heterocycles. The van der Waals surface area contributed by atoms with Crippen LogP contribution in [0, 0.1) is 0 Å².